The molecule has 3 rings (SSSR count). The Hall–Kier alpha value is -1.46. The molecule has 1 heterocycles. The van der Waals surface area contributed by atoms with E-state index in [0.717, 1.165) is 4.90 Å². The molecule has 4 nitrogen and oxygen atoms in total. The summed E-state index contributed by atoms with van der Waals surface area (Å²) in [5.41, 5.74) is 0.911. The lowest BCUT2D eigenvalue weighted by atomic mass is 10.2. The molecule has 1 aliphatic rings. The highest BCUT2D eigenvalue weighted by molar-refractivity contribution is 6.42. The molecule has 2 amide bonds. The van der Waals surface area contributed by atoms with Gasteiger partial charge in [0.1, 0.15) is 6.04 Å². The summed E-state index contributed by atoms with van der Waals surface area (Å²) >= 11 is 23.8. The number of carbonyl (C=O) groups excluding carboxylic acids is 2. The summed E-state index contributed by atoms with van der Waals surface area (Å²) in [5.74, 6) is -0.739. The molecule has 0 aliphatic carbocycles. The summed E-state index contributed by atoms with van der Waals surface area (Å²) in [5, 5.41) is 4.42. The van der Waals surface area contributed by atoms with Crippen molar-refractivity contribution in [3.63, 3.8) is 0 Å². The van der Waals surface area contributed by atoms with Gasteiger partial charge >= 0.3 is 0 Å². The molecule has 8 heteroatoms. The van der Waals surface area contributed by atoms with Gasteiger partial charge in [-0.3, -0.25) is 9.59 Å². The van der Waals surface area contributed by atoms with Gasteiger partial charge in [0, 0.05) is 10.7 Å². The molecule has 124 valence electrons. The van der Waals surface area contributed by atoms with Crippen molar-refractivity contribution >= 4 is 69.6 Å². The van der Waals surface area contributed by atoms with E-state index in [4.69, 9.17) is 46.4 Å². The quantitative estimate of drug-likeness (QED) is 0.730. The van der Waals surface area contributed by atoms with Crippen LogP contribution in [-0.4, -0.2) is 17.9 Å². The van der Waals surface area contributed by atoms with Crippen molar-refractivity contribution in [2.45, 2.75) is 12.5 Å². The Bertz CT molecular complexity index is 841. The van der Waals surface area contributed by atoms with Crippen LogP contribution < -0.4 is 10.2 Å². The number of amides is 2. The lowest BCUT2D eigenvalue weighted by molar-refractivity contribution is -0.121. The fourth-order valence-corrected chi connectivity index (χ4v) is 3.24. The van der Waals surface area contributed by atoms with Crippen LogP contribution in [0.1, 0.15) is 6.42 Å². The number of rotatable bonds is 3. The summed E-state index contributed by atoms with van der Waals surface area (Å²) in [6.45, 7) is 0. The summed E-state index contributed by atoms with van der Waals surface area (Å²) in [6, 6.07) is 8.79. The zero-order valence-corrected chi connectivity index (χ0v) is 15.0. The molecule has 0 bridgehead atoms. The number of carbonyl (C=O) groups is 2. The number of benzene rings is 2. The molecule has 24 heavy (non-hydrogen) atoms. The van der Waals surface area contributed by atoms with Gasteiger partial charge in [0.25, 0.3) is 5.91 Å². The zero-order chi connectivity index (χ0) is 17.4. The monoisotopic (exact) mass is 402 g/mol. The van der Waals surface area contributed by atoms with Crippen molar-refractivity contribution < 1.29 is 9.59 Å². The average Bonchev–Trinajstić information content (AvgIpc) is 2.78. The van der Waals surface area contributed by atoms with Crippen LogP contribution in [0.3, 0.4) is 0 Å². The molecule has 2 aromatic carbocycles. The molecule has 0 spiro atoms. The van der Waals surface area contributed by atoms with E-state index < -0.39 is 11.9 Å². The van der Waals surface area contributed by atoms with Crippen LogP contribution in [0.25, 0.3) is 0 Å². The van der Waals surface area contributed by atoms with Gasteiger partial charge in [-0.1, -0.05) is 46.4 Å². The Labute approximate surface area is 158 Å². The van der Waals surface area contributed by atoms with E-state index >= 15 is 0 Å². The average molecular weight is 404 g/mol. The molecular formula is C16H10Cl4N2O2. The first-order chi connectivity index (χ1) is 11.4. The third kappa shape index (κ3) is 3.33. The lowest BCUT2D eigenvalue weighted by Crippen LogP contribution is -2.35. The van der Waals surface area contributed by atoms with E-state index in [1.54, 1.807) is 30.3 Å². The molecule has 0 radical (unpaired) electrons. The zero-order valence-electron chi connectivity index (χ0n) is 12.0. The van der Waals surface area contributed by atoms with E-state index in [2.05, 4.69) is 5.32 Å². The summed E-state index contributed by atoms with van der Waals surface area (Å²) in [4.78, 5) is 25.9. The van der Waals surface area contributed by atoms with E-state index in [-0.39, 0.29) is 17.4 Å². The van der Waals surface area contributed by atoms with Gasteiger partial charge in [0.05, 0.1) is 27.2 Å². The maximum atomic E-state index is 12.6. The van der Waals surface area contributed by atoms with Crippen molar-refractivity contribution in [2.75, 3.05) is 10.2 Å². The van der Waals surface area contributed by atoms with Crippen molar-refractivity contribution in [1.29, 1.82) is 0 Å². The minimum atomic E-state index is -0.707. The predicted octanol–water partition coefficient (Wildman–Crippen LogP) is 5.04. The highest BCUT2D eigenvalue weighted by Crippen LogP contribution is 2.33. The summed E-state index contributed by atoms with van der Waals surface area (Å²) in [7, 11) is 0. The Morgan fingerprint density at radius 2 is 1.67 bits per heavy atom. The molecule has 1 atom stereocenters. The van der Waals surface area contributed by atoms with Gasteiger partial charge in [-0.25, -0.2) is 4.90 Å². The normalized spacial score (nSPS) is 17.5. The fraction of sp³-hybridized carbons (Fsp3) is 0.125. The van der Waals surface area contributed by atoms with Gasteiger partial charge in [0.2, 0.25) is 5.91 Å². The van der Waals surface area contributed by atoms with Crippen LogP contribution >= 0.6 is 46.4 Å². The molecular weight excluding hydrogens is 394 g/mol. The van der Waals surface area contributed by atoms with E-state index in [1.807, 2.05) is 0 Å². The first kappa shape index (κ1) is 17.4. The molecule has 2 aromatic rings. The first-order valence-electron chi connectivity index (χ1n) is 6.90. The van der Waals surface area contributed by atoms with Crippen LogP contribution in [-0.2, 0) is 9.59 Å². The third-order valence-electron chi connectivity index (χ3n) is 3.56. The second-order valence-corrected chi connectivity index (χ2v) is 6.85. The second-order valence-electron chi connectivity index (χ2n) is 5.19. The third-order valence-corrected chi connectivity index (χ3v) is 4.83. The van der Waals surface area contributed by atoms with Crippen molar-refractivity contribution in [3.05, 3.63) is 56.5 Å². The number of hydrogen-bond acceptors (Lipinski definition) is 3. The molecule has 0 aromatic heterocycles. The number of anilines is 2. The Kier molecular flexibility index (Phi) is 4.92. The predicted molar refractivity (Wildman–Crippen MR) is 97.4 cm³/mol. The summed E-state index contributed by atoms with van der Waals surface area (Å²) < 4.78 is 0. The van der Waals surface area contributed by atoms with Crippen LogP contribution in [0.4, 0.5) is 11.4 Å². The smallest absolute Gasteiger partial charge is 0.256 e. The number of nitrogens with zero attached hydrogens (tertiary/aromatic N) is 1. The van der Waals surface area contributed by atoms with Gasteiger partial charge in [0.15, 0.2) is 0 Å². The standard InChI is InChI=1S/C16H10Cl4N2O2/c17-8-1-4-14(12(20)5-8)22-15(23)7-13(16(22)24)21-9-2-3-10(18)11(19)6-9/h1-6,13,21H,7H2. The van der Waals surface area contributed by atoms with Crippen LogP contribution in [0, 0.1) is 0 Å². The van der Waals surface area contributed by atoms with Gasteiger partial charge in [-0.15, -0.1) is 0 Å². The minimum Gasteiger partial charge on any atom is -0.373 e. The highest BCUT2D eigenvalue weighted by Gasteiger charge is 2.40. The molecule has 1 aliphatic heterocycles. The second kappa shape index (κ2) is 6.81. The number of nitrogens with one attached hydrogen (secondary N) is 1. The molecule has 1 fully saturated rings. The Morgan fingerprint density at radius 3 is 2.33 bits per heavy atom. The maximum absolute atomic E-state index is 12.6. The molecule has 1 saturated heterocycles. The topological polar surface area (TPSA) is 49.4 Å². The largest absolute Gasteiger partial charge is 0.373 e. The van der Waals surface area contributed by atoms with Crippen molar-refractivity contribution in [2.24, 2.45) is 0 Å². The van der Waals surface area contributed by atoms with Crippen LogP contribution in [0.2, 0.25) is 20.1 Å². The lowest BCUT2D eigenvalue weighted by Gasteiger charge is -2.17. The number of imide groups is 1. The molecule has 0 saturated carbocycles. The molecule has 1 unspecified atom stereocenters. The van der Waals surface area contributed by atoms with E-state index in [9.17, 15) is 9.59 Å². The Morgan fingerprint density at radius 1 is 0.917 bits per heavy atom. The SMILES string of the molecule is O=C1CC(Nc2ccc(Cl)c(Cl)c2)C(=O)N1c1ccc(Cl)cc1Cl. The number of halogens is 4. The Balaban J connectivity index is 1.84. The van der Waals surface area contributed by atoms with Crippen LogP contribution in [0.5, 0.6) is 0 Å². The molecule has 1 N–H and O–H groups in total. The van der Waals surface area contributed by atoms with E-state index in [1.165, 1.54) is 6.07 Å². The highest BCUT2D eigenvalue weighted by atomic mass is 35.5. The minimum absolute atomic E-state index is 0.0119. The summed E-state index contributed by atoms with van der Waals surface area (Å²) in [6.07, 6.45) is 0.0119. The number of hydrogen-bond donors (Lipinski definition) is 1. The fourth-order valence-electron chi connectivity index (χ4n) is 2.45. The maximum Gasteiger partial charge on any atom is 0.256 e. The van der Waals surface area contributed by atoms with Crippen molar-refractivity contribution in [3.8, 4) is 0 Å². The first-order valence-corrected chi connectivity index (χ1v) is 8.41. The van der Waals surface area contributed by atoms with E-state index in [0.29, 0.717) is 26.4 Å². The van der Waals surface area contributed by atoms with Gasteiger partial charge in [-0.05, 0) is 36.4 Å². The van der Waals surface area contributed by atoms with Gasteiger partial charge in [-0.2, -0.15) is 0 Å². The van der Waals surface area contributed by atoms with Crippen molar-refractivity contribution in [1.82, 2.24) is 0 Å². The van der Waals surface area contributed by atoms with Crippen LogP contribution in [0.15, 0.2) is 36.4 Å². The van der Waals surface area contributed by atoms with Gasteiger partial charge < -0.3 is 5.32 Å².